The normalized spacial score (nSPS) is 11.8. The third-order valence-electron chi connectivity index (χ3n) is 2.15. The van der Waals surface area contributed by atoms with Gasteiger partial charge in [-0.1, -0.05) is 13.0 Å². The predicted octanol–water partition coefficient (Wildman–Crippen LogP) is 1.26. The van der Waals surface area contributed by atoms with Crippen LogP contribution >= 0.6 is 0 Å². The van der Waals surface area contributed by atoms with Gasteiger partial charge in [0.2, 0.25) is 0 Å². The van der Waals surface area contributed by atoms with Crippen molar-refractivity contribution in [1.82, 2.24) is 0 Å². The fourth-order valence-corrected chi connectivity index (χ4v) is 1.10. The number of hydrogen-bond acceptors (Lipinski definition) is 4. The zero-order valence-corrected chi connectivity index (χ0v) is 8.73. The van der Waals surface area contributed by atoms with Crippen LogP contribution in [0, 0.1) is 11.3 Å². The second-order valence-electron chi connectivity index (χ2n) is 3.31. The molecule has 80 valence electrons. The molecule has 0 radical (unpaired) electrons. The van der Waals surface area contributed by atoms with Gasteiger partial charge in [-0.25, -0.2) is 0 Å². The molecule has 0 unspecified atom stereocenters. The van der Waals surface area contributed by atoms with Gasteiger partial charge in [-0.3, -0.25) is 0 Å². The Kier molecular flexibility index (Phi) is 3.95. The van der Waals surface area contributed by atoms with E-state index in [4.69, 9.17) is 21.5 Å². The van der Waals surface area contributed by atoms with E-state index in [-0.39, 0.29) is 6.04 Å². The maximum absolute atomic E-state index is 8.88. The van der Waals surface area contributed by atoms with Crippen LogP contribution < -0.4 is 16.2 Å². The molecule has 15 heavy (non-hydrogen) atoms. The van der Waals surface area contributed by atoms with Crippen LogP contribution in [-0.4, -0.2) is 12.6 Å². The van der Waals surface area contributed by atoms with Crippen LogP contribution in [0.25, 0.3) is 0 Å². The van der Waals surface area contributed by atoms with Gasteiger partial charge in [0.1, 0.15) is 24.0 Å². The highest BCUT2D eigenvalue weighted by Crippen LogP contribution is 2.23. The van der Waals surface area contributed by atoms with E-state index in [9.17, 15) is 0 Å². The number of benzene rings is 1. The first-order valence-corrected chi connectivity index (χ1v) is 4.86. The molecule has 1 rings (SSSR count). The van der Waals surface area contributed by atoms with Gasteiger partial charge in [0.05, 0.1) is 5.69 Å². The van der Waals surface area contributed by atoms with Gasteiger partial charge in [0.15, 0.2) is 0 Å². The Morgan fingerprint density at radius 2 is 2.27 bits per heavy atom. The molecule has 0 bridgehead atoms. The van der Waals surface area contributed by atoms with E-state index in [1.165, 1.54) is 0 Å². The maximum atomic E-state index is 8.88. The molecule has 0 aromatic heterocycles. The molecule has 0 heterocycles. The van der Waals surface area contributed by atoms with Crippen molar-refractivity contribution in [2.45, 2.75) is 19.4 Å². The molecule has 4 nitrogen and oxygen atoms in total. The average molecular weight is 205 g/mol. The fourth-order valence-electron chi connectivity index (χ4n) is 1.10. The molecule has 0 aliphatic heterocycles. The monoisotopic (exact) mass is 205 g/mol. The highest BCUT2D eigenvalue weighted by atomic mass is 16.5. The number of rotatable bonds is 4. The van der Waals surface area contributed by atoms with Crippen LogP contribution in [0.3, 0.4) is 0 Å². The molecule has 1 atom stereocenters. The van der Waals surface area contributed by atoms with E-state index < -0.39 is 0 Å². The Hall–Kier alpha value is -1.73. The molecule has 0 aliphatic rings. The van der Waals surface area contributed by atoms with Gasteiger partial charge in [0, 0.05) is 6.04 Å². The van der Waals surface area contributed by atoms with Gasteiger partial charge in [-0.15, -0.1) is 0 Å². The van der Waals surface area contributed by atoms with Crippen molar-refractivity contribution in [3.05, 3.63) is 23.8 Å². The summed E-state index contributed by atoms with van der Waals surface area (Å²) in [6.45, 7) is 2.38. The van der Waals surface area contributed by atoms with E-state index in [2.05, 4.69) is 0 Å². The smallest absolute Gasteiger partial charge is 0.139 e. The lowest BCUT2D eigenvalue weighted by Crippen LogP contribution is -2.26. The molecule has 4 N–H and O–H groups in total. The molecular weight excluding hydrogens is 190 g/mol. The zero-order valence-electron chi connectivity index (χ0n) is 8.73. The Morgan fingerprint density at radius 3 is 2.87 bits per heavy atom. The Balaban J connectivity index is 2.77. The second-order valence-corrected chi connectivity index (χ2v) is 3.31. The van der Waals surface area contributed by atoms with Crippen LogP contribution in [0.5, 0.6) is 5.75 Å². The van der Waals surface area contributed by atoms with Crippen molar-refractivity contribution in [2.24, 2.45) is 5.73 Å². The lowest BCUT2D eigenvalue weighted by Gasteiger charge is -2.12. The predicted molar refractivity (Wildman–Crippen MR) is 59.3 cm³/mol. The van der Waals surface area contributed by atoms with E-state index >= 15 is 0 Å². The first-order chi connectivity index (χ1) is 7.19. The van der Waals surface area contributed by atoms with Gasteiger partial charge < -0.3 is 16.2 Å². The number of hydrogen-bond donors (Lipinski definition) is 2. The molecule has 1 aromatic carbocycles. The van der Waals surface area contributed by atoms with Crippen LogP contribution in [0.1, 0.15) is 18.9 Å². The van der Waals surface area contributed by atoms with Gasteiger partial charge in [-0.05, 0) is 18.6 Å². The Labute approximate surface area is 89.4 Å². The standard InChI is InChI=1S/C11H15N3O/c1-2-8(13)7-15-11-5-3-4-10(14)9(11)6-12/h3-5,8H,2,7,13-14H2,1H3/t8-/m0/s1. The summed E-state index contributed by atoms with van der Waals surface area (Å²) in [6, 6.07) is 7.14. The molecule has 0 saturated heterocycles. The summed E-state index contributed by atoms with van der Waals surface area (Å²) >= 11 is 0. The third kappa shape index (κ3) is 2.86. The van der Waals surface area contributed by atoms with Crippen LogP contribution in [0.4, 0.5) is 5.69 Å². The number of nitrogens with two attached hydrogens (primary N) is 2. The maximum Gasteiger partial charge on any atom is 0.139 e. The lowest BCUT2D eigenvalue weighted by atomic mass is 10.2. The first-order valence-electron chi connectivity index (χ1n) is 4.86. The number of ether oxygens (including phenoxy) is 1. The van der Waals surface area contributed by atoms with E-state index in [1.54, 1.807) is 18.2 Å². The number of nitriles is 1. The van der Waals surface area contributed by atoms with Crippen molar-refractivity contribution in [1.29, 1.82) is 5.26 Å². The summed E-state index contributed by atoms with van der Waals surface area (Å²) in [5.41, 5.74) is 12.2. The molecule has 0 aliphatic carbocycles. The van der Waals surface area contributed by atoms with Gasteiger partial charge in [-0.2, -0.15) is 5.26 Å². The average Bonchev–Trinajstić information content (AvgIpc) is 2.25. The molecule has 0 amide bonds. The van der Waals surface area contributed by atoms with E-state index in [0.29, 0.717) is 23.6 Å². The summed E-state index contributed by atoms with van der Waals surface area (Å²) < 4.78 is 5.43. The lowest BCUT2D eigenvalue weighted by molar-refractivity contribution is 0.285. The molecule has 4 heteroatoms. The summed E-state index contributed by atoms with van der Waals surface area (Å²) in [6.07, 6.45) is 0.838. The first kappa shape index (κ1) is 11.3. The minimum absolute atomic E-state index is 0.0158. The van der Waals surface area contributed by atoms with Crippen molar-refractivity contribution >= 4 is 5.69 Å². The topological polar surface area (TPSA) is 85.1 Å². The summed E-state index contributed by atoms with van der Waals surface area (Å²) in [5.74, 6) is 0.501. The number of nitrogens with zero attached hydrogens (tertiary/aromatic N) is 1. The minimum Gasteiger partial charge on any atom is -0.491 e. The number of nitrogen functional groups attached to an aromatic ring is 1. The van der Waals surface area contributed by atoms with Gasteiger partial charge >= 0.3 is 0 Å². The fraction of sp³-hybridized carbons (Fsp3) is 0.364. The van der Waals surface area contributed by atoms with E-state index in [1.807, 2.05) is 13.0 Å². The Morgan fingerprint density at radius 1 is 1.53 bits per heavy atom. The van der Waals surface area contributed by atoms with Gasteiger partial charge in [0.25, 0.3) is 0 Å². The quantitative estimate of drug-likeness (QED) is 0.724. The van der Waals surface area contributed by atoms with Crippen molar-refractivity contribution < 1.29 is 4.74 Å². The molecule has 0 saturated carbocycles. The largest absolute Gasteiger partial charge is 0.491 e. The third-order valence-corrected chi connectivity index (χ3v) is 2.15. The zero-order chi connectivity index (χ0) is 11.3. The molecular formula is C11H15N3O. The summed E-state index contributed by atoms with van der Waals surface area (Å²) in [7, 11) is 0. The summed E-state index contributed by atoms with van der Waals surface area (Å²) in [5, 5.41) is 8.88. The second kappa shape index (κ2) is 5.23. The van der Waals surface area contributed by atoms with Crippen molar-refractivity contribution in [2.75, 3.05) is 12.3 Å². The van der Waals surface area contributed by atoms with Crippen molar-refractivity contribution in [3.8, 4) is 11.8 Å². The van der Waals surface area contributed by atoms with Crippen molar-refractivity contribution in [3.63, 3.8) is 0 Å². The van der Waals surface area contributed by atoms with E-state index in [0.717, 1.165) is 6.42 Å². The van der Waals surface area contributed by atoms with Crippen LogP contribution in [0.2, 0.25) is 0 Å². The van der Waals surface area contributed by atoms with Crippen LogP contribution in [0.15, 0.2) is 18.2 Å². The number of anilines is 1. The highest BCUT2D eigenvalue weighted by molar-refractivity contribution is 5.60. The molecule has 0 fully saturated rings. The molecule has 0 spiro atoms. The summed E-state index contributed by atoms with van der Waals surface area (Å²) in [4.78, 5) is 0. The minimum atomic E-state index is -0.0158. The SMILES string of the molecule is CC[C@H](N)COc1cccc(N)c1C#N. The highest BCUT2D eigenvalue weighted by Gasteiger charge is 2.07. The Bertz CT molecular complexity index is 371. The molecule has 1 aromatic rings. The van der Waals surface area contributed by atoms with Crippen LogP contribution in [-0.2, 0) is 0 Å².